The molecular formula is C11H15N3O4S. The predicted octanol–water partition coefficient (Wildman–Crippen LogP) is 1.68. The van der Waals surface area contributed by atoms with Gasteiger partial charge in [0.15, 0.2) is 0 Å². The minimum Gasteiger partial charge on any atom is -0.465 e. The first kappa shape index (κ1) is 15.3. The maximum atomic E-state index is 11.2. The minimum atomic E-state index is -0.505. The van der Waals surface area contributed by atoms with Crippen LogP contribution in [0.2, 0.25) is 0 Å². The number of rotatable bonds is 7. The molecule has 0 unspecified atom stereocenters. The van der Waals surface area contributed by atoms with Crippen molar-refractivity contribution in [3.05, 3.63) is 33.9 Å². The Labute approximate surface area is 114 Å². The second kappa shape index (κ2) is 7.59. The topological polar surface area (TPSA) is 107 Å². The van der Waals surface area contributed by atoms with Crippen LogP contribution in [0.4, 0.5) is 11.4 Å². The highest BCUT2D eigenvalue weighted by molar-refractivity contribution is 7.99. The number of thioether (sulfide) groups is 1. The number of carbonyl (C=O) groups excluding carboxylic acids is 1. The van der Waals surface area contributed by atoms with Crippen molar-refractivity contribution in [3.8, 4) is 0 Å². The van der Waals surface area contributed by atoms with Crippen LogP contribution < -0.4 is 11.3 Å². The van der Waals surface area contributed by atoms with Crippen molar-refractivity contribution in [1.29, 1.82) is 0 Å². The molecule has 0 saturated heterocycles. The van der Waals surface area contributed by atoms with E-state index in [1.54, 1.807) is 19.1 Å². The zero-order chi connectivity index (χ0) is 14.3. The third kappa shape index (κ3) is 4.42. The first-order chi connectivity index (χ1) is 9.10. The zero-order valence-electron chi connectivity index (χ0n) is 10.4. The highest BCUT2D eigenvalue weighted by atomic mass is 32.2. The number of nitrogens with one attached hydrogen (secondary N) is 1. The number of ether oxygens (including phenoxy) is 1. The summed E-state index contributed by atoms with van der Waals surface area (Å²) in [5.41, 5.74) is 3.19. The average Bonchev–Trinajstić information content (AvgIpc) is 2.38. The molecule has 0 spiro atoms. The normalized spacial score (nSPS) is 10.0. The Morgan fingerprint density at radius 1 is 1.58 bits per heavy atom. The summed E-state index contributed by atoms with van der Waals surface area (Å²) < 4.78 is 4.79. The monoisotopic (exact) mass is 285 g/mol. The van der Waals surface area contributed by atoms with Gasteiger partial charge < -0.3 is 10.2 Å². The van der Waals surface area contributed by atoms with Crippen molar-refractivity contribution in [1.82, 2.24) is 0 Å². The van der Waals surface area contributed by atoms with Crippen molar-refractivity contribution < 1.29 is 14.5 Å². The van der Waals surface area contributed by atoms with E-state index in [4.69, 9.17) is 10.6 Å². The Hall–Kier alpha value is -1.80. The summed E-state index contributed by atoms with van der Waals surface area (Å²) >= 11 is 1.31. The first-order valence-electron chi connectivity index (χ1n) is 5.56. The molecule has 0 bridgehead atoms. The maximum Gasteiger partial charge on any atom is 0.315 e. The van der Waals surface area contributed by atoms with E-state index in [0.717, 1.165) is 0 Å². The molecule has 1 rings (SSSR count). The number of nitrogens with two attached hydrogens (primary N) is 1. The first-order valence-corrected chi connectivity index (χ1v) is 6.71. The Morgan fingerprint density at radius 3 is 2.89 bits per heavy atom. The van der Waals surface area contributed by atoms with Gasteiger partial charge in [-0.2, -0.15) is 0 Å². The van der Waals surface area contributed by atoms with Crippen molar-refractivity contribution in [2.24, 2.45) is 5.84 Å². The van der Waals surface area contributed by atoms with Gasteiger partial charge in [0.25, 0.3) is 5.69 Å². The van der Waals surface area contributed by atoms with E-state index < -0.39 is 4.92 Å². The molecule has 0 saturated carbocycles. The Balaban J connectivity index is 2.70. The Morgan fingerprint density at radius 2 is 2.32 bits per heavy atom. The van der Waals surface area contributed by atoms with Crippen LogP contribution in [0, 0.1) is 10.1 Å². The van der Waals surface area contributed by atoms with E-state index in [0.29, 0.717) is 17.9 Å². The number of benzene rings is 1. The van der Waals surface area contributed by atoms with Crippen molar-refractivity contribution in [2.75, 3.05) is 17.8 Å². The van der Waals surface area contributed by atoms with Gasteiger partial charge in [0, 0.05) is 11.8 Å². The number of hydrogen-bond donors (Lipinski definition) is 2. The fourth-order valence-corrected chi connectivity index (χ4v) is 2.29. The lowest BCUT2D eigenvalue weighted by Crippen LogP contribution is -2.12. The summed E-state index contributed by atoms with van der Waals surface area (Å²) in [5, 5.41) is 10.8. The predicted molar refractivity (Wildman–Crippen MR) is 73.7 cm³/mol. The summed E-state index contributed by atoms with van der Waals surface area (Å²) in [6.45, 7) is 2.07. The van der Waals surface area contributed by atoms with Gasteiger partial charge in [-0.25, -0.2) is 0 Å². The number of nitro benzene ring substituents is 1. The number of esters is 1. The molecule has 0 aliphatic heterocycles. The number of carbonyl (C=O) groups is 1. The number of hydrazine groups is 1. The number of anilines is 1. The molecule has 8 heteroatoms. The molecule has 1 aromatic rings. The molecule has 0 fully saturated rings. The molecule has 0 aliphatic rings. The van der Waals surface area contributed by atoms with Crippen LogP contribution in [-0.4, -0.2) is 23.3 Å². The van der Waals surface area contributed by atoms with Crippen LogP contribution in [0.25, 0.3) is 0 Å². The van der Waals surface area contributed by atoms with Crippen LogP contribution in [0.3, 0.4) is 0 Å². The number of nitrogens with zero attached hydrogens (tertiary/aromatic N) is 1. The van der Waals surface area contributed by atoms with Gasteiger partial charge in [-0.3, -0.25) is 20.8 Å². The second-order valence-electron chi connectivity index (χ2n) is 3.51. The zero-order valence-corrected chi connectivity index (χ0v) is 11.2. The average molecular weight is 285 g/mol. The van der Waals surface area contributed by atoms with Crippen LogP contribution >= 0.6 is 11.8 Å². The molecule has 0 aliphatic carbocycles. The lowest BCUT2D eigenvalue weighted by atomic mass is 10.2. The van der Waals surface area contributed by atoms with E-state index in [2.05, 4.69) is 5.43 Å². The van der Waals surface area contributed by atoms with E-state index in [-0.39, 0.29) is 23.1 Å². The lowest BCUT2D eigenvalue weighted by molar-refractivity contribution is -0.384. The summed E-state index contributed by atoms with van der Waals surface area (Å²) in [5.74, 6) is 5.63. The number of hydrogen-bond acceptors (Lipinski definition) is 7. The van der Waals surface area contributed by atoms with Crippen LogP contribution in [0.15, 0.2) is 18.2 Å². The molecule has 104 valence electrons. The SMILES string of the molecule is CCOC(=O)CSCc1cccc([N+](=O)[O-])c1NN. The van der Waals surface area contributed by atoms with Crippen LogP contribution in [0.1, 0.15) is 12.5 Å². The smallest absolute Gasteiger partial charge is 0.315 e. The molecule has 1 aromatic carbocycles. The summed E-state index contributed by atoms with van der Waals surface area (Å²) in [4.78, 5) is 21.5. The molecule has 0 radical (unpaired) electrons. The quantitative estimate of drug-likeness (QED) is 0.339. The third-order valence-corrected chi connectivity index (χ3v) is 3.21. The number of nitrogen functional groups attached to an aromatic ring is 1. The molecule has 0 heterocycles. The van der Waals surface area contributed by atoms with Gasteiger partial charge in [0.05, 0.1) is 17.3 Å². The summed E-state index contributed by atoms with van der Waals surface area (Å²) in [6.07, 6.45) is 0. The van der Waals surface area contributed by atoms with E-state index in [9.17, 15) is 14.9 Å². The minimum absolute atomic E-state index is 0.0864. The second-order valence-corrected chi connectivity index (χ2v) is 4.50. The van der Waals surface area contributed by atoms with Crippen LogP contribution in [-0.2, 0) is 15.3 Å². The summed E-state index contributed by atoms with van der Waals surface area (Å²) in [6, 6.07) is 4.67. The van der Waals surface area contributed by atoms with E-state index in [1.165, 1.54) is 17.8 Å². The van der Waals surface area contributed by atoms with E-state index in [1.807, 2.05) is 0 Å². The van der Waals surface area contributed by atoms with Crippen molar-refractivity contribution >= 4 is 29.1 Å². The molecule has 7 nitrogen and oxygen atoms in total. The van der Waals surface area contributed by atoms with Gasteiger partial charge in [0.2, 0.25) is 0 Å². The van der Waals surface area contributed by atoms with Gasteiger partial charge in [0.1, 0.15) is 5.69 Å². The van der Waals surface area contributed by atoms with Gasteiger partial charge in [-0.15, -0.1) is 11.8 Å². The van der Waals surface area contributed by atoms with Crippen molar-refractivity contribution in [2.45, 2.75) is 12.7 Å². The fraction of sp³-hybridized carbons (Fsp3) is 0.364. The standard InChI is InChI=1S/C11H15N3O4S/c1-2-18-10(15)7-19-6-8-4-3-5-9(14(16)17)11(8)13-12/h3-5,13H,2,6-7,12H2,1H3. The highest BCUT2D eigenvalue weighted by Crippen LogP contribution is 2.29. The van der Waals surface area contributed by atoms with Gasteiger partial charge in [-0.1, -0.05) is 12.1 Å². The lowest BCUT2D eigenvalue weighted by Gasteiger charge is -2.08. The fourth-order valence-electron chi connectivity index (χ4n) is 1.47. The van der Waals surface area contributed by atoms with Crippen LogP contribution in [0.5, 0.6) is 0 Å². The Bertz CT molecular complexity index is 467. The van der Waals surface area contributed by atoms with Gasteiger partial charge in [-0.05, 0) is 12.5 Å². The van der Waals surface area contributed by atoms with Crippen molar-refractivity contribution in [3.63, 3.8) is 0 Å². The van der Waals surface area contributed by atoms with Gasteiger partial charge >= 0.3 is 5.97 Å². The maximum absolute atomic E-state index is 11.2. The van der Waals surface area contributed by atoms with E-state index >= 15 is 0 Å². The number of nitro groups is 1. The molecule has 3 N–H and O–H groups in total. The highest BCUT2D eigenvalue weighted by Gasteiger charge is 2.16. The summed E-state index contributed by atoms with van der Waals surface area (Å²) in [7, 11) is 0. The molecule has 19 heavy (non-hydrogen) atoms. The molecular weight excluding hydrogens is 270 g/mol. The molecule has 0 aromatic heterocycles. The Kier molecular flexibility index (Phi) is 6.10. The number of para-hydroxylation sites is 1. The molecule has 0 atom stereocenters. The molecule has 0 amide bonds. The third-order valence-electron chi connectivity index (χ3n) is 2.25. The largest absolute Gasteiger partial charge is 0.465 e.